The molecule has 3 nitrogen and oxygen atoms in total. The van der Waals surface area contributed by atoms with E-state index in [1.807, 2.05) is 0 Å². The molecule has 106 valence electrons. The average Bonchev–Trinajstić information content (AvgIpc) is 2.27. The van der Waals surface area contributed by atoms with Crippen molar-refractivity contribution in [3.05, 3.63) is 29.3 Å². The normalized spacial score (nSPS) is 11.5. The zero-order valence-corrected chi connectivity index (χ0v) is 9.63. The SMILES string of the molecule is CCOC(=O)c1cc(C(F)F)ccc1OC(F)(F)F. The van der Waals surface area contributed by atoms with Crippen molar-refractivity contribution >= 4 is 5.97 Å². The molecule has 0 aliphatic carbocycles. The van der Waals surface area contributed by atoms with Crippen LogP contribution >= 0.6 is 0 Å². The minimum Gasteiger partial charge on any atom is -0.462 e. The Kier molecular flexibility index (Phi) is 4.68. The highest BCUT2D eigenvalue weighted by atomic mass is 19.4. The minimum absolute atomic E-state index is 0.108. The largest absolute Gasteiger partial charge is 0.573 e. The summed E-state index contributed by atoms with van der Waals surface area (Å²) in [6.45, 7) is 1.32. The van der Waals surface area contributed by atoms with Gasteiger partial charge in [0.1, 0.15) is 11.3 Å². The van der Waals surface area contributed by atoms with Gasteiger partial charge in [-0.2, -0.15) is 0 Å². The molecule has 0 amide bonds. The first-order valence-electron chi connectivity index (χ1n) is 5.09. The number of rotatable bonds is 4. The van der Waals surface area contributed by atoms with Gasteiger partial charge in [-0.3, -0.25) is 0 Å². The molecule has 0 aliphatic heterocycles. The summed E-state index contributed by atoms with van der Waals surface area (Å²) >= 11 is 0. The highest BCUT2D eigenvalue weighted by molar-refractivity contribution is 5.92. The van der Waals surface area contributed by atoms with Crippen molar-refractivity contribution in [2.24, 2.45) is 0 Å². The van der Waals surface area contributed by atoms with Crippen LogP contribution in [-0.2, 0) is 4.74 Å². The molecule has 0 N–H and O–H groups in total. The van der Waals surface area contributed by atoms with Crippen molar-refractivity contribution in [3.8, 4) is 5.75 Å². The van der Waals surface area contributed by atoms with Gasteiger partial charge in [-0.15, -0.1) is 13.2 Å². The van der Waals surface area contributed by atoms with E-state index >= 15 is 0 Å². The molecule has 19 heavy (non-hydrogen) atoms. The number of esters is 1. The maximum Gasteiger partial charge on any atom is 0.573 e. The van der Waals surface area contributed by atoms with Gasteiger partial charge in [0.15, 0.2) is 0 Å². The Morgan fingerprint density at radius 3 is 2.42 bits per heavy atom. The van der Waals surface area contributed by atoms with Crippen molar-refractivity contribution in [3.63, 3.8) is 0 Å². The number of alkyl halides is 5. The topological polar surface area (TPSA) is 35.5 Å². The maximum absolute atomic E-state index is 12.5. The van der Waals surface area contributed by atoms with Crippen LogP contribution in [0.25, 0.3) is 0 Å². The summed E-state index contributed by atoms with van der Waals surface area (Å²) < 4.78 is 69.3. The molecular weight excluding hydrogens is 275 g/mol. The Labute approximate surface area is 104 Å². The van der Waals surface area contributed by atoms with Gasteiger partial charge >= 0.3 is 12.3 Å². The Morgan fingerprint density at radius 2 is 1.95 bits per heavy atom. The molecule has 0 saturated heterocycles. The Balaban J connectivity index is 3.18. The van der Waals surface area contributed by atoms with Gasteiger partial charge in [0.05, 0.1) is 6.61 Å². The second-order valence-electron chi connectivity index (χ2n) is 3.32. The van der Waals surface area contributed by atoms with E-state index < -0.39 is 35.6 Å². The first kappa shape index (κ1) is 15.2. The van der Waals surface area contributed by atoms with Crippen LogP contribution in [0.1, 0.15) is 29.3 Å². The Hall–Kier alpha value is -1.86. The van der Waals surface area contributed by atoms with Crippen LogP contribution in [0.3, 0.4) is 0 Å². The average molecular weight is 284 g/mol. The van der Waals surface area contributed by atoms with Gasteiger partial charge in [-0.1, -0.05) is 0 Å². The van der Waals surface area contributed by atoms with Crippen LogP contribution < -0.4 is 4.74 Å². The second kappa shape index (κ2) is 5.85. The van der Waals surface area contributed by atoms with E-state index in [0.29, 0.717) is 12.1 Å². The lowest BCUT2D eigenvalue weighted by molar-refractivity contribution is -0.274. The number of carbonyl (C=O) groups is 1. The molecule has 0 fully saturated rings. The molecule has 1 aromatic rings. The van der Waals surface area contributed by atoms with Crippen LogP contribution in [0.5, 0.6) is 5.75 Å². The highest BCUT2D eigenvalue weighted by Crippen LogP contribution is 2.30. The van der Waals surface area contributed by atoms with Gasteiger partial charge in [-0.05, 0) is 25.1 Å². The predicted molar refractivity (Wildman–Crippen MR) is 54.0 cm³/mol. The van der Waals surface area contributed by atoms with Crippen molar-refractivity contribution < 1.29 is 36.2 Å². The molecule has 0 radical (unpaired) electrons. The van der Waals surface area contributed by atoms with Gasteiger partial charge in [0.25, 0.3) is 6.43 Å². The first-order valence-corrected chi connectivity index (χ1v) is 5.09. The summed E-state index contributed by atoms with van der Waals surface area (Å²) in [5.41, 5.74) is -1.30. The van der Waals surface area contributed by atoms with Crippen molar-refractivity contribution in [2.75, 3.05) is 6.61 Å². The molecule has 0 saturated carbocycles. The van der Waals surface area contributed by atoms with E-state index in [2.05, 4.69) is 9.47 Å². The summed E-state index contributed by atoms with van der Waals surface area (Å²) in [5, 5.41) is 0. The molecule has 1 aromatic carbocycles. The van der Waals surface area contributed by atoms with E-state index in [-0.39, 0.29) is 6.61 Å². The lowest BCUT2D eigenvalue weighted by Gasteiger charge is -2.13. The lowest BCUT2D eigenvalue weighted by Crippen LogP contribution is -2.19. The quantitative estimate of drug-likeness (QED) is 0.624. The molecule has 0 bridgehead atoms. The third kappa shape index (κ3) is 4.38. The monoisotopic (exact) mass is 284 g/mol. The maximum atomic E-state index is 12.5. The number of benzene rings is 1. The van der Waals surface area contributed by atoms with Crippen molar-refractivity contribution in [1.82, 2.24) is 0 Å². The summed E-state index contributed by atoms with van der Waals surface area (Å²) in [6.07, 6.45) is -7.96. The van der Waals surface area contributed by atoms with Crippen molar-refractivity contribution in [1.29, 1.82) is 0 Å². The zero-order chi connectivity index (χ0) is 14.6. The number of carbonyl (C=O) groups excluding carboxylic acids is 1. The standard InChI is InChI=1S/C11H9F5O3/c1-2-18-10(17)7-5-6(9(12)13)3-4-8(7)19-11(14,15)16/h3-5,9H,2H2,1H3. The number of hydrogen-bond donors (Lipinski definition) is 0. The van der Waals surface area contributed by atoms with E-state index in [4.69, 9.17) is 0 Å². The molecule has 0 aliphatic rings. The van der Waals surface area contributed by atoms with Gasteiger partial charge < -0.3 is 9.47 Å². The number of ether oxygens (including phenoxy) is 2. The number of halogens is 5. The molecule has 0 atom stereocenters. The Bertz CT molecular complexity index is 456. The molecular formula is C11H9F5O3. The summed E-state index contributed by atoms with van der Waals surface area (Å²) in [6, 6.07) is 2.01. The fraction of sp³-hybridized carbons (Fsp3) is 0.364. The molecule has 0 spiro atoms. The fourth-order valence-electron chi connectivity index (χ4n) is 1.27. The first-order chi connectivity index (χ1) is 8.74. The molecule has 0 unspecified atom stereocenters. The molecule has 0 aromatic heterocycles. The van der Waals surface area contributed by atoms with Crippen LogP contribution in [0.4, 0.5) is 22.0 Å². The number of hydrogen-bond acceptors (Lipinski definition) is 3. The lowest BCUT2D eigenvalue weighted by atomic mass is 10.1. The Morgan fingerprint density at radius 1 is 1.32 bits per heavy atom. The van der Waals surface area contributed by atoms with Crippen LogP contribution in [0, 0.1) is 0 Å². The third-order valence-corrected chi connectivity index (χ3v) is 1.98. The smallest absolute Gasteiger partial charge is 0.462 e. The van der Waals surface area contributed by atoms with Gasteiger partial charge in [0, 0.05) is 5.56 Å². The second-order valence-corrected chi connectivity index (χ2v) is 3.32. The van der Waals surface area contributed by atoms with E-state index in [0.717, 1.165) is 6.07 Å². The summed E-state index contributed by atoms with van der Waals surface area (Å²) in [5.74, 6) is -2.04. The third-order valence-electron chi connectivity index (χ3n) is 1.98. The summed E-state index contributed by atoms with van der Waals surface area (Å²) in [7, 11) is 0. The summed E-state index contributed by atoms with van der Waals surface area (Å²) in [4.78, 5) is 11.4. The minimum atomic E-state index is -5.03. The van der Waals surface area contributed by atoms with Gasteiger partial charge in [0.2, 0.25) is 0 Å². The van der Waals surface area contributed by atoms with Crippen molar-refractivity contribution in [2.45, 2.75) is 19.7 Å². The van der Waals surface area contributed by atoms with E-state index in [1.165, 1.54) is 6.92 Å². The zero-order valence-electron chi connectivity index (χ0n) is 9.63. The van der Waals surface area contributed by atoms with E-state index in [9.17, 15) is 26.7 Å². The molecule has 1 rings (SSSR count). The predicted octanol–water partition coefficient (Wildman–Crippen LogP) is 3.70. The molecule has 0 heterocycles. The van der Waals surface area contributed by atoms with Crippen LogP contribution in [0.15, 0.2) is 18.2 Å². The highest BCUT2D eigenvalue weighted by Gasteiger charge is 2.33. The fourth-order valence-corrected chi connectivity index (χ4v) is 1.27. The molecule has 8 heteroatoms. The van der Waals surface area contributed by atoms with Crippen LogP contribution in [0.2, 0.25) is 0 Å². The van der Waals surface area contributed by atoms with Gasteiger partial charge in [-0.25, -0.2) is 13.6 Å². The van der Waals surface area contributed by atoms with E-state index in [1.54, 1.807) is 0 Å². The van der Waals surface area contributed by atoms with Crippen LogP contribution in [-0.4, -0.2) is 18.9 Å².